The second-order valence-electron chi connectivity index (χ2n) is 2.43. The molecule has 1 atom stereocenters. The first-order valence-electron chi connectivity index (χ1n) is 3.54. The maximum Gasteiger partial charge on any atom is 0.398 e. The van der Waals surface area contributed by atoms with Crippen LogP contribution in [-0.2, 0) is 4.79 Å². The molecular formula is C7H11F3O. The van der Waals surface area contributed by atoms with E-state index in [9.17, 15) is 18.0 Å². The van der Waals surface area contributed by atoms with Crippen molar-refractivity contribution in [3.8, 4) is 0 Å². The zero-order chi connectivity index (χ0) is 8.91. The summed E-state index contributed by atoms with van der Waals surface area (Å²) in [7, 11) is 0. The Morgan fingerprint density at radius 2 is 2.00 bits per heavy atom. The quantitative estimate of drug-likeness (QED) is 0.589. The van der Waals surface area contributed by atoms with Crippen LogP contribution in [0.3, 0.4) is 0 Å². The van der Waals surface area contributed by atoms with E-state index >= 15 is 0 Å². The molecule has 0 aliphatic rings. The highest BCUT2D eigenvalue weighted by Crippen LogP contribution is 2.28. The van der Waals surface area contributed by atoms with Crippen LogP contribution in [0, 0.1) is 5.92 Å². The van der Waals surface area contributed by atoms with Gasteiger partial charge in [-0.1, -0.05) is 19.8 Å². The minimum Gasteiger partial charge on any atom is -0.303 e. The van der Waals surface area contributed by atoms with Crippen LogP contribution in [0.4, 0.5) is 13.2 Å². The molecule has 0 radical (unpaired) electrons. The van der Waals surface area contributed by atoms with Crippen LogP contribution < -0.4 is 0 Å². The van der Waals surface area contributed by atoms with Gasteiger partial charge in [0.25, 0.3) is 0 Å². The fourth-order valence-electron chi connectivity index (χ4n) is 0.733. The summed E-state index contributed by atoms with van der Waals surface area (Å²) in [5, 5.41) is 0. The van der Waals surface area contributed by atoms with Crippen LogP contribution in [0.2, 0.25) is 0 Å². The number of unbranched alkanes of at least 4 members (excludes halogenated alkanes) is 1. The molecule has 0 rings (SSSR count). The van der Waals surface area contributed by atoms with Gasteiger partial charge in [0.2, 0.25) is 0 Å². The first kappa shape index (κ1) is 10.5. The van der Waals surface area contributed by atoms with Gasteiger partial charge in [0.15, 0.2) is 0 Å². The molecule has 0 N–H and O–H groups in total. The van der Waals surface area contributed by atoms with Crippen molar-refractivity contribution in [1.29, 1.82) is 0 Å². The van der Waals surface area contributed by atoms with Crippen LogP contribution in [-0.4, -0.2) is 12.5 Å². The molecule has 0 saturated heterocycles. The minimum absolute atomic E-state index is 0.0182. The van der Waals surface area contributed by atoms with Gasteiger partial charge in [-0.25, -0.2) is 0 Å². The number of alkyl halides is 3. The molecule has 0 spiro atoms. The maximum absolute atomic E-state index is 11.8. The first-order chi connectivity index (χ1) is 5.02. The standard InChI is InChI=1S/C7H11F3O/c1-2-3-4-6(5-11)7(8,9)10/h5-6H,2-4H2,1H3. The number of aldehydes is 1. The lowest BCUT2D eigenvalue weighted by molar-refractivity contribution is -0.175. The Morgan fingerprint density at radius 3 is 2.27 bits per heavy atom. The van der Waals surface area contributed by atoms with E-state index in [2.05, 4.69) is 0 Å². The summed E-state index contributed by atoms with van der Waals surface area (Å²) in [6.45, 7) is 1.79. The van der Waals surface area contributed by atoms with Crippen molar-refractivity contribution in [3.05, 3.63) is 0 Å². The Labute approximate surface area is 63.6 Å². The third-order valence-electron chi connectivity index (χ3n) is 1.45. The van der Waals surface area contributed by atoms with Crippen LogP contribution in [0.25, 0.3) is 0 Å². The Hall–Kier alpha value is -0.540. The highest BCUT2D eigenvalue weighted by Gasteiger charge is 2.38. The predicted octanol–water partition coefficient (Wildman–Crippen LogP) is 2.55. The van der Waals surface area contributed by atoms with Gasteiger partial charge in [-0.3, -0.25) is 0 Å². The van der Waals surface area contributed by atoms with Gasteiger partial charge >= 0.3 is 6.18 Å². The van der Waals surface area contributed by atoms with Gasteiger partial charge in [0, 0.05) is 0 Å². The molecule has 4 heteroatoms. The van der Waals surface area contributed by atoms with Crippen molar-refractivity contribution in [3.63, 3.8) is 0 Å². The molecule has 0 aromatic rings. The normalized spacial score (nSPS) is 14.5. The van der Waals surface area contributed by atoms with Crippen molar-refractivity contribution in [1.82, 2.24) is 0 Å². The minimum atomic E-state index is -4.35. The van der Waals surface area contributed by atoms with Gasteiger partial charge in [-0.05, 0) is 6.42 Å². The lowest BCUT2D eigenvalue weighted by Crippen LogP contribution is -2.23. The second kappa shape index (κ2) is 4.36. The average molecular weight is 168 g/mol. The van der Waals surface area contributed by atoms with E-state index in [1.54, 1.807) is 6.92 Å². The molecular weight excluding hydrogens is 157 g/mol. The summed E-state index contributed by atoms with van der Waals surface area (Å²) >= 11 is 0. The van der Waals surface area contributed by atoms with E-state index in [0.717, 1.165) is 0 Å². The molecule has 0 aliphatic heterocycles. The lowest BCUT2D eigenvalue weighted by Gasteiger charge is -2.12. The highest BCUT2D eigenvalue weighted by atomic mass is 19.4. The second-order valence-corrected chi connectivity index (χ2v) is 2.43. The summed E-state index contributed by atoms with van der Waals surface area (Å²) < 4.78 is 35.4. The first-order valence-corrected chi connectivity index (χ1v) is 3.54. The van der Waals surface area contributed by atoms with Crippen LogP contribution >= 0.6 is 0 Å². The molecule has 0 fully saturated rings. The predicted molar refractivity (Wildman–Crippen MR) is 35.1 cm³/mol. The summed E-state index contributed by atoms with van der Waals surface area (Å²) in [6, 6.07) is 0. The topological polar surface area (TPSA) is 17.1 Å². The monoisotopic (exact) mass is 168 g/mol. The van der Waals surface area contributed by atoms with Crippen LogP contribution in [0.15, 0.2) is 0 Å². The van der Waals surface area contributed by atoms with E-state index in [1.807, 2.05) is 0 Å². The molecule has 0 amide bonds. The molecule has 1 unspecified atom stereocenters. The van der Waals surface area contributed by atoms with Crippen LogP contribution in [0.1, 0.15) is 26.2 Å². The van der Waals surface area contributed by atoms with Gasteiger partial charge < -0.3 is 4.79 Å². The molecule has 0 bridgehead atoms. The van der Waals surface area contributed by atoms with Gasteiger partial charge in [-0.2, -0.15) is 13.2 Å². The number of hydrogen-bond acceptors (Lipinski definition) is 1. The Morgan fingerprint density at radius 1 is 1.45 bits per heavy atom. The molecule has 0 aliphatic carbocycles. The maximum atomic E-state index is 11.8. The highest BCUT2D eigenvalue weighted by molar-refractivity contribution is 5.54. The lowest BCUT2D eigenvalue weighted by atomic mass is 10.0. The summed E-state index contributed by atoms with van der Waals surface area (Å²) in [5.74, 6) is -1.76. The number of carbonyl (C=O) groups excluding carboxylic acids is 1. The van der Waals surface area contributed by atoms with Crippen LogP contribution in [0.5, 0.6) is 0 Å². The number of hydrogen-bond donors (Lipinski definition) is 0. The third kappa shape index (κ3) is 4.01. The zero-order valence-electron chi connectivity index (χ0n) is 6.32. The Bertz CT molecular complexity index is 119. The van der Waals surface area contributed by atoms with Crippen molar-refractivity contribution in [2.24, 2.45) is 5.92 Å². The SMILES string of the molecule is CCCCC(C=O)C(F)(F)F. The zero-order valence-corrected chi connectivity index (χ0v) is 6.32. The smallest absolute Gasteiger partial charge is 0.303 e. The van der Waals surface area contributed by atoms with Gasteiger partial charge in [0.05, 0.1) is 0 Å². The van der Waals surface area contributed by atoms with E-state index in [-0.39, 0.29) is 12.7 Å². The van der Waals surface area contributed by atoms with E-state index < -0.39 is 12.1 Å². The Kier molecular flexibility index (Phi) is 4.15. The number of carbonyl (C=O) groups is 1. The van der Waals surface area contributed by atoms with Crippen molar-refractivity contribution in [2.75, 3.05) is 0 Å². The average Bonchev–Trinajstić information content (AvgIpc) is 1.87. The number of rotatable bonds is 4. The van der Waals surface area contributed by atoms with E-state index in [4.69, 9.17) is 0 Å². The van der Waals surface area contributed by atoms with E-state index in [0.29, 0.717) is 12.8 Å². The number of halogens is 3. The van der Waals surface area contributed by atoms with Gasteiger partial charge in [0.1, 0.15) is 12.2 Å². The Balaban J connectivity index is 3.86. The molecule has 0 aromatic heterocycles. The summed E-state index contributed by atoms with van der Waals surface area (Å²) in [6.07, 6.45) is -3.32. The van der Waals surface area contributed by atoms with E-state index in [1.165, 1.54) is 0 Å². The fraction of sp³-hybridized carbons (Fsp3) is 0.857. The summed E-state index contributed by atoms with van der Waals surface area (Å²) in [4.78, 5) is 9.94. The molecule has 1 nitrogen and oxygen atoms in total. The fourth-order valence-corrected chi connectivity index (χ4v) is 0.733. The van der Waals surface area contributed by atoms with Gasteiger partial charge in [-0.15, -0.1) is 0 Å². The molecule has 66 valence electrons. The molecule has 0 saturated carbocycles. The molecule has 0 aromatic carbocycles. The van der Waals surface area contributed by atoms with Crippen molar-refractivity contribution in [2.45, 2.75) is 32.4 Å². The summed E-state index contributed by atoms with van der Waals surface area (Å²) in [5.41, 5.74) is 0. The molecule has 11 heavy (non-hydrogen) atoms. The van der Waals surface area contributed by atoms with Crippen molar-refractivity contribution >= 4 is 6.29 Å². The molecule has 0 heterocycles. The third-order valence-corrected chi connectivity index (χ3v) is 1.45. The van der Waals surface area contributed by atoms with Crippen molar-refractivity contribution < 1.29 is 18.0 Å². The largest absolute Gasteiger partial charge is 0.398 e.